The number of anilines is 1. The van der Waals surface area contributed by atoms with Crippen LogP contribution in [0.1, 0.15) is 18.1 Å². The molecule has 3 rings (SSSR count). The standard InChI is InChI=1S/C17H17FN2/c1-2-12-4-3-5-13-8-9-20(17(12)13)11-14-6-7-15(19)10-16(14)18/h3-10H,2,11,19H2,1H3. The van der Waals surface area contributed by atoms with E-state index in [9.17, 15) is 4.39 Å². The highest BCUT2D eigenvalue weighted by molar-refractivity contribution is 5.83. The SMILES string of the molecule is CCc1cccc2ccn(Cc3ccc(N)cc3F)c12. The zero-order valence-corrected chi connectivity index (χ0v) is 11.4. The van der Waals surface area contributed by atoms with E-state index in [-0.39, 0.29) is 5.82 Å². The summed E-state index contributed by atoms with van der Waals surface area (Å²) >= 11 is 0. The van der Waals surface area contributed by atoms with Gasteiger partial charge in [-0.25, -0.2) is 4.39 Å². The van der Waals surface area contributed by atoms with Gasteiger partial charge in [0.2, 0.25) is 0 Å². The van der Waals surface area contributed by atoms with Crippen molar-refractivity contribution < 1.29 is 4.39 Å². The number of aryl methyl sites for hydroxylation is 1. The first kappa shape index (κ1) is 12.7. The molecule has 0 amide bonds. The number of nitrogen functional groups attached to an aromatic ring is 1. The van der Waals surface area contributed by atoms with Crippen LogP contribution in [0.25, 0.3) is 10.9 Å². The Kier molecular flexibility index (Phi) is 3.18. The smallest absolute Gasteiger partial charge is 0.130 e. The highest BCUT2D eigenvalue weighted by Gasteiger charge is 2.08. The van der Waals surface area contributed by atoms with Crippen LogP contribution in [-0.2, 0) is 13.0 Å². The Morgan fingerprint density at radius 2 is 1.95 bits per heavy atom. The van der Waals surface area contributed by atoms with Crippen LogP contribution in [0.3, 0.4) is 0 Å². The molecule has 2 nitrogen and oxygen atoms in total. The topological polar surface area (TPSA) is 30.9 Å². The normalized spacial score (nSPS) is 11.1. The van der Waals surface area contributed by atoms with Gasteiger partial charge in [0.25, 0.3) is 0 Å². The Morgan fingerprint density at radius 3 is 2.70 bits per heavy atom. The summed E-state index contributed by atoms with van der Waals surface area (Å²) in [5.41, 5.74) is 9.17. The third-order valence-corrected chi connectivity index (χ3v) is 3.67. The first-order valence-electron chi connectivity index (χ1n) is 6.79. The lowest BCUT2D eigenvalue weighted by molar-refractivity contribution is 0.602. The van der Waals surface area contributed by atoms with Gasteiger partial charge in [0.1, 0.15) is 5.82 Å². The van der Waals surface area contributed by atoms with Gasteiger partial charge < -0.3 is 10.3 Å². The molecular weight excluding hydrogens is 251 g/mol. The summed E-state index contributed by atoms with van der Waals surface area (Å²) in [5, 5.41) is 1.19. The first-order valence-corrected chi connectivity index (χ1v) is 6.79. The summed E-state index contributed by atoms with van der Waals surface area (Å²) < 4.78 is 16.0. The lowest BCUT2D eigenvalue weighted by Crippen LogP contribution is -2.02. The molecule has 20 heavy (non-hydrogen) atoms. The number of halogens is 1. The molecule has 0 saturated heterocycles. The van der Waals surface area contributed by atoms with Gasteiger partial charge in [0, 0.05) is 17.4 Å². The molecule has 1 heterocycles. The maximum absolute atomic E-state index is 13.9. The Bertz CT molecular complexity index is 759. The number of para-hydroxylation sites is 1. The van der Waals surface area contributed by atoms with E-state index in [0.717, 1.165) is 6.42 Å². The van der Waals surface area contributed by atoms with Gasteiger partial charge in [0.15, 0.2) is 0 Å². The largest absolute Gasteiger partial charge is 0.399 e. The number of hydrogen-bond acceptors (Lipinski definition) is 1. The van der Waals surface area contributed by atoms with Gasteiger partial charge >= 0.3 is 0 Å². The highest BCUT2D eigenvalue weighted by Crippen LogP contribution is 2.23. The minimum atomic E-state index is -0.249. The van der Waals surface area contributed by atoms with Crippen LogP contribution in [0.2, 0.25) is 0 Å². The average molecular weight is 268 g/mol. The lowest BCUT2D eigenvalue weighted by Gasteiger charge is -2.10. The molecule has 2 N–H and O–H groups in total. The molecule has 0 aliphatic rings. The highest BCUT2D eigenvalue weighted by atomic mass is 19.1. The quantitative estimate of drug-likeness (QED) is 0.716. The summed E-state index contributed by atoms with van der Waals surface area (Å²) in [6.45, 7) is 2.66. The Morgan fingerprint density at radius 1 is 1.10 bits per heavy atom. The molecule has 0 unspecified atom stereocenters. The number of aromatic nitrogens is 1. The fraction of sp³-hybridized carbons (Fsp3) is 0.176. The van der Waals surface area contributed by atoms with Crippen molar-refractivity contribution >= 4 is 16.6 Å². The molecule has 0 bridgehead atoms. The van der Waals surface area contributed by atoms with Gasteiger partial charge in [-0.05, 0) is 35.6 Å². The van der Waals surface area contributed by atoms with Gasteiger partial charge in [0.05, 0.1) is 12.1 Å². The van der Waals surface area contributed by atoms with Crippen LogP contribution in [-0.4, -0.2) is 4.57 Å². The van der Waals surface area contributed by atoms with Gasteiger partial charge in [-0.3, -0.25) is 0 Å². The molecule has 0 aliphatic carbocycles. The minimum absolute atomic E-state index is 0.249. The second kappa shape index (κ2) is 5.00. The number of nitrogens with zero attached hydrogens (tertiary/aromatic N) is 1. The molecule has 0 fully saturated rings. The molecular formula is C17H17FN2. The van der Waals surface area contributed by atoms with Crippen LogP contribution in [0.5, 0.6) is 0 Å². The summed E-state index contributed by atoms with van der Waals surface area (Å²) in [6, 6.07) is 13.2. The first-order chi connectivity index (χ1) is 9.69. The Labute approximate surface area is 117 Å². The molecule has 3 heteroatoms. The van der Waals surface area contributed by atoms with Gasteiger partial charge in [-0.15, -0.1) is 0 Å². The second-order valence-corrected chi connectivity index (χ2v) is 5.00. The van der Waals surface area contributed by atoms with E-state index in [0.29, 0.717) is 17.8 Å². The summed E-state index contributed by atoms with van der Waals surface area (Å²) in [7, 11) is 0. The molecule has 0 aliphatic heterocycles. The van der Waals surface area contributed by atoms with E-state index in [4.69, 9.17) is 5.73 Å². The molecule has 0 saturated carbocycles. The number of nitrogens with two attached hydrogens (primary N) is 1. The number of benzene rings is 2. The van der Waals surface area contributed by atoms with Gasteiger partial charge in [-0.2, -0.15) is 0 Å². The van der Waals surface area contributed by atoms with E-state index in [1.807, 2.05) is 6.20 Å². The van der Waals surface area contributed by atoms with Crippen molar-refractivity contribution in [2.45, 2.75) is 19.9 Å². The van der Waals surface area contributed by atoms with Crippen LogP contribution < -0.4 is 5.73 Å². The maximum atomic E-state index is 13.9. The zero-order valence-electron chi connectivity index (χ0n) is 11.4. The summed E-state index contributed by atoms with van der Waals surface area (Å²) in [6.07, 6.45) is 2.98. The Hall–Kier alpha value is -2.29. The molecule has 102 valence electrons. The fourth-order valence-electron chi connectivity index (χ4n) is 2.63. The van der Waals surface area contributed by atoms with Crippen LogP contribution in [0.15, 0.2) is 48.7 Å². The van der Waals surface area contributed by atoms with Crippen molar-refractivity contribution in [3.8, 4) is 0 Å². The van der Waals surface area contributed by atoms with E-state index in [2.05, 4.69) is 35.8 Å². The van der Waals surface area contributed by atoms with Crippen LogP contribution >= 0.6 is 0 Å². The fourth-order valence-corrected chi connectivity index (χ4v) is 2.63. The Balaban J connectivity index is 2.06. The molecule has 1 aromatic heterocycles. The van der Waals surface area contributed by atoms with Crippen molar-refractivity contribution in [3.05, 3.63) is 65.6 Å². The van der Waals surface area contributed by atoms with Crippen LogP contribution in [0.4, 0.5) is 10.1 Å². The van der Waals surface area contributed by atoms with Crippen molar-refractivity contribution in [3.63, 3.8) is 0 Å². The van der Waals surface area contributed by atoms with Crippen molar-refractivity contribution in [2.24, 2.45) is 0 Å². The third-order valence-electron chi connectivity index (χ3n) is 3.67. The monoisotopic (exact) mass is 268 g/mol. The number of rotatable bonds is 3. The molecule has 3 aromatic rings. The van der Waals surface area contributed by atoms with Crippen LogP contribution in [0, 0.1) is 5.82 Å². The lowest BCUT2D eigenvalue weighted by atomic mass is 10.1. The maximum Gasteiger partial charge on any atom is 0.130 e. The summed E-state index contributed by atoms with van der Waals surface area (Å²) in [5.74, 6) is -0.249. The summed E-state index contributed by atoms with van der Waals surface area (Å²) in [4.78, 5) is 0. The number of hydrogen-bond donors (Lipinski definition) is 1. The van der Waals surface area contributed by atoms with Crippen molar-refractivity contribution in [1.82, 2.24) is 4.57 Å². The third kappa shape index (κ3) is 2.16. The molecule has 0 radical (unpaired) electrons. The predicted molar refractivity (Wildman–Crippen MR) is 81.2 cm³/mol. The minimum Gasteiger partial charge on any atom is -0.399 e. The van der Waals surface area contributed by atoms with E-state index in [1.165, 1.54) is 22.5 Å². The number of fused-ring (bicyclic) bond motifs is 1. The second-order valence-electron chi connectivity index (χ2n) is 5.00. The molecule has 0 atom stereocenters. The average Bonchev–Trinajstić information content (AvgIpc) is 2.85. The predicted octanol–water partition coefficient (Wildman–Crippen LogP) is 3.97. The van der Waals surface area contributed by atoms with Gasteiger partial charge in [-0.1, -0.05) is 31.2 Å². The van der Waals surface area contributed by atoms with E-state index in [1.54, 1.807) is 12.1 Å². The zero-order chi connectivity index (χ0) is 14.1. The van der Waals surface area contributed by atoms with E-state index >= 15 is 0 Å². The van der Waals surface area contributed by atoms with E-state index < -0.39 is 0 Å². The van der Waals surface area contributed by atoms with Crippen molar-refractivity contribution in [1.29, 1.82) is 0 Å². The molecule has 0 spiro atoms. The van der Waals surface area contributed by atoms with Crippen molar-refractivity contribution in [2.75, 3.05) is 5.73 Å². The molecule has 2 aromatic carbocycles.